The summed E-state index contributed by atoms with van der Waals surface area (Å²) in [5.41, 5.74) is 0.305. The molecule has 0 unspecified atom stereocenters. The highest BCUT2D eigenvalue weighted by Crippen LogP contribution is 2.32. The van der Waals surface area contributed by atoms with Gasteiger partial charge >= 0.3 is 11.7 Å². The Bertz CT molecular complexity index is 1180. The van der Waals surface area contributed by atoms with Crippen LogP contribution in [-0.4, -0.2) is 41.9 Å². The number of methoxy groups -OCH3 is 1. The maximum atomic E-state index is 13.1. The fourth-order valence-corrected chi connectivity index (χ4v) is 3.95. The summed E-state index contributed by atoms with van der Waals surface area (Å²) in [6.45, 7) is 0.819. The molecule has 1 aliphatic heterocycles. The zero-order valence-corrected chi connectivity index (χ0v) is 17.5. The Kier molecular flexibility index (Phi) is 6.02. The van der Waals surface area contributed by atoms with Crippen LogP contribution in [0.15, 0.2) is 60.7 Å². The molecule has 0 aliphatic carbocycles. The summed E-state index contributed by atoms with van der Waals surface area (Å²) in [6.07, 6.45) is 0.860. The Labute approximate surface area is 184 Å². The number of esters is 1. The lowest BCUT2D eigenvalue weighted by Gasteiger charge is -2.31. The Morgan fingerprint density at radius 1 is 1.03 bits per heavy atom. The number of carbonyl (C=O) groups excluding carboxylic acids is 2. The molecule has 3 aromatic carbocycles. The van der Waals surface area contributed by atoms with Gasteiger partial charge in [-0.25, -0.2) is 0 Å². The first-order valence-electron chi connectivity index (χ1n) is 10.3. The van der Waals surface area contributed by atoms with Gasteiger partial charge in [0.1, 0.15) is 5.75 Å². The van der Waals surface area contributed by atoms with Gasteiger partial charge < -0.3 is 14.4 Å². The molecule has 0 atom stereocenters. The molecule has 8 nitrogen and oxygen atoms in total. The molecule has 1 aliphatic rings. The van der Waals surface area contributed by atoms with Crippen molar-refractivity contribution in [3.63, 3.8) is 0 Å². The average molecular weight is 434 g/mol. The molecule has 0 aromatic heterocycles. The highest BCUT2D eigenvalue weighted by atomic mass is 16.6. The van der Waals surface area contributed by atoms with Gasteiger partial charge in [0.25, 0.3) is 5.91 Å². The molecule has 0 bridgehead atoms. The first kappa shape index (κ1) is 21.3. The van der Waals surface area contributed by atoms with Crippen LogP contribution in [0, 0.1) is 16.0 Å². The lowest BCUT2D eigenvalue weighted by Crippen LogP contribution is -2.41. The molecular formula is C24H22N2O6. The number of likely N-dealkylation sites (tertiary alicyclic amines) is 1. The molecule has 164 valence electrons. The lowest BCUT2D eigenvalue weighted by atomic mass is 9.95. The summed E-state index contributed by atoms with van der Waals surface area (Å²) < 4.78 is 10.3. The monoisotopic (exact) mass is 434 g/mol. The molecule has 1 heterocycles. The number of carbonyl (C=O) groups is 2. The second kappa shape index (κ2) is 9.05. The van der Waals surface area contributed by atoms with Crippen molar-refractivity contribution in [3.05, 3.63) is 76.3 Å². The van der Waals surface area contributed by atoms with E-state index in [0.717, 1.165) is 10.8 Å². The maximum absolute atomic E-state index is 13.1. The minimum Gasteiger partial charge on any atom is -0.496 e. The highest BCUT2D eigenvalue weighted by molar-refractivity contribution is 6.07. The van der Waals surface area contributed by atoms with E-state index < -0.39 is 16.8 Å². The Hall–Kier alpha value is -3.94. The number of amides is 1. The molecule has 1 fully saturated rings. The second-order valence-electron chi connectivity index (χ2n) is 7.61. The minimum absolute atomic E-state index is 0.0700. The second-order valence-corrected chi connectivity index (χ2v) is 7.61. The van der Waals surface area contributed by atoms with Crippen molar-refractivity contribution in [3.8, 4) is 11.5 Å². The van der Waals surface area contributed by atoms with Crippen molar-refractivity contribution in [2.45, 2.75) is 12.8 Å². The number of nitro groups is 1. The van der Waals surface area contributed by atoms with Crippen LogP contribution >= 0.6 is 0 Å². The standard InChI is InChI=1S/C24H22N2O6/c1-31-18-9-10-22(21(15-18)26(29)30)32-24(28)17-11-13-25(14-12-17)23(27)20-8-4-6-16-5-2-3-7-19(16)20/h2-10,15,17H,11-14H2,1H3. The number of rotatable bonds is 5. The third-order valence-electron chi connectivity index (χ3n) is 5.71. The third kappa shape index (κ3) is 4.25. The summed E-state index contributed by atoms with van der Waals surface area (Å²) in [5.74, 6) is -0.852. The predicted octanol–water partition coefficient (Wildman–Crippen LogP) is 4.21. The van der Waals surface area contributed by atoms with Crippen LogP contribution in [0.1, 0.15) is 23.2 Å². The summed E-state index contributed by atoms with van der Waals surface area (Å²) in [6, 6.07) is 17.4. The summed E-state index contributed by atoms with van der Waals surface area (Å²) in [7, 11) is 1.40. The van der Waals surface area contributed by atoms with Crippen LogP contribution in [0.4, 0.5) is 5.69 Å². The van der Waals surface area contributed by atoms with Crippen molar-refractivity contribution in [2.24, 2.45) is 5.92 Å². The van der Waals surface area contributed by atoms with Crippen LogP contribution in [0.25, 0.3) is 10.8 Å². The quantitative estimate of drug-likeness (QED) is 0.258. The van der Waals surface area contributed by atoms with Gasteiger partial charge in [-0.15, -0.1) is 0 Å². The number of ether oxygens (including phenoxy) is 2. The van der Waals surface area contributed by atoms with E-state index in [1.165, 1.54) is 25.3 Å². The van der Waals surface area contributed by atoms with Gasteiger partial charge in [0.05, 0.1) is 24.0 Å². The number of nitro benzene ring substituents is 1. The first-order valence-corrected chi connectivity index (χ1v) is 10.3. The van der Waals surface area contributed by atoms with Gasteiger partial charge in [-0.1, -0.05) is 36.4 Å². The van der Waals surface area contributed by atoms with E-state index in [1.807, 2.05) is 42.5 Å². The number of fused-ring (bicyclic) bond motifs is 1. The molecule has 32 heavy (non-hydrogen) atoms. The Morgan fingerprint density at radius 2 is 1.75 bits per heavy atom. The van der Waals surface area contributed by atoms with Crippen molar-refractivity contribution in [1.82, 2.24) is 4.90 Å². The van der Waals surface area contributed by atoms with Gasteiger partial charge in [-0.05, 0) is 41.8 Å². The van der Waals surface area contributed by atoms with Crippen LogP contribution in [0.2, 0.25) is 0 Å². The Balaban J connectivity index is 1.42. The molecule has 0 spiro atoms. The highest BCUT2D eigenvalue weighted by Gasteiger charge is 2.31. The van der Waals surface area contributed by atoms with Crippen LogP contribution < -0.4 is 9.47 Å². The van der Waals surface area contributed by atoms with E-state index in [-0.39, 0.29) is 17.3 Å². The largest absolute Gasteiger partial charge is 0.496 e. The summed E-state index contributed by atoms with van der Waals surface area (Å²) >= 11 is 0. The van der Waals surface area contributed by atoms with Crippen molar-refractivity contribution in [1.29, 1.82) is 0 Å². The minimum atomic E-state index is -0.614. The summed E-state index contributed by atoms with van der Waals surface area (Å²) in [4.78, 5) is 38.2. The van der Waals surface area contributed by atoms with Crippen LogP contribution in [-0.2, 0) is 4.79 Å². The average Bonchev–Trinajstić information content (AvgIpc) is 2.83. The van der Waals surface area contributed by atoms with E-state index in [1.54, 1.807) is 4.90 Å². The maximum Gasteiger partial charge on any atom is 0.315 e. The molecule has 1 amide bonds. The Morgan fingerprint density at radius 3 is 2.47 bits per heavy atom. The molecular weight excluding hydrogens is 412 g/mol. The number of piperidine rings is 1. The van der Waals surface area contributed by atoms with Gasteiger partial charge in [-0.2, -0.15) is 0 Å². The number of benzene rings is 3. The van der Waals surface area contributed by atoms with E-state index in [9.17, 15) is 19.7 Å². The van der Waals surface area contributed by atoms with Crippen molar-refractivity contribution >= 4 is 28.3 Å². The molecule has 0 radical (unpaired) electrons. The van der Waals surface area contributed by atoms with Crippen LogP contribution in [0.5, 0.6) is 11.5 Å². The third-order valence-corrected chi connectivity index (χ3v) is 5.71. The number of hydrogen-bond donors (Lipinski definition) is 0. The fourth-order valence-electron chi connectivity index (χ4n) is 3.95. The predicted molar refractivity (Wildman–Crippen MR) is 118 cm³/mol. The van der Waals surface area contributed by atoms with Crippen molar-refractivity contribution in [2.75, 3.05) is 20.2 Å². The molecule has 8 heteroatoms. The van der Waals surface area contributed by atoms with Gasteiger partial charge in [0, 0.05) is 18.7 Å². The first-order chi connectivity index (χ1) is 15.5. The zero-order valence-electron chi connectivity index (χ0n) is 17.5. The van der Waals surface area contributed by atoms with Gasteiger partial charge in [0.15, 0.2) is 0 Å². The lowest BCUT2D eigenvalue weighted by molar-refractivity contribution is -0.385. The number of nitrogens with zero attached hydrogens (tertiary/aromatic N) is 2. The SMILES string of the molecule is COc1ccc(OC(=O)C2CCN(C(=O)c3cccc4ccccc34)CC2)c([N+](=O)[O-])c1. The normalized spacial score (nSPS) is 14.2. The molecule has 1 saturated heterocycles. The van der Waals surface area contributed by atoms with E-state index in [2.05, 4.69) is 0 Å². The van der Waals surface area contributed by atoms with Gasteiger partial charge in [0.2, 0.25) is 5.75 Å². The van der Waals surface area contributed by atoms with Crippen LogP contribution in [0.3, 0.4) is 0 Å². The van der Waals surface area contributed by atoms with Gasteiger partial charge in [-0.3, -0.25) is 19.7 Å². The smallest absolute Gasteiger partial charge is 0.315 e. The molecule has 4 rings (SSSR count). The van der Waals surface area contributed by atoms with E-state index in [0.29, 0.717) is 37.2 Å². The molecule has 0 N–H and O–H groups in total. The fraction of sp³-hybridized carbons (Fsp3) is 0.250. The molecule has 0 saturated carbocycles. The molecule has 3 aromatic rings. The zero-order chi connectivity index (χ0) is 22.7. The topological polar surface area (TPSA) is 99.0 Å². The van der Waals surface area contributed by atoms with E-state index in [4.69, 9.17) is 9.47 Å². The van der Waals surface area contributed by atoms with Crippen molar-refractivity contribution < 1.29 is 24.0 Å². The summed E-state index contributed by atoms with van der Waals surface area (Å²) in [5, 5.41) is 13.2. The number of hydrogen-bond acceptors (Lipinski definition) is 6. The van der Waals surface area contributed by atoms with E-state index >= 15 is 0 Å².